The van der Waals surface area contributed by atoms with Crippen molar-refractivity contribution >= 4 is 36.6 Å². The molecule has 47 heavy (non-hydrogen) atoms. The molecule has 2 aromatic heterocycles. The quantitative estimate of drug-likeness (QED) is 0.240. The normalized spacial score (nSPS) is 23.2. The summed E-state index contributed by atoms with van der Waals surface area (Å²) >= 11 is 0. The van der Waals surface area contributed by atoms with Gasteiger partial charge in [-0.1, -0.05) is 25.7 Å². The van der Waals surface area contributed by atoms with E-state index in [0.717, 1.165) is 79.4 Å². The molecular weight excluding hydrogens is 613 g/mol. The number of aromatic nitrogens is 4. The monoisotopic (exact) mass is 662 g/mol. The van der Waals surface area contributed by atoms with E-state index < -0.39 is 14.2 Å². The van der Waals surface area contributed by atoms with Crippen LogP contribution < -0.4 is 14.5 Å². The molecule has 1 N–H and O–H groups in total. The first-order valence-corrected chi connectivity index (χ1v) is 21.0. The second-order valence-electron chi connectivity index (χ2n) is 15.2. The van der Waals surface area contributed by atoms with Crippen LogP contribution >= 0.6 is 0 Å². The Kier molecular flexibility index (Phi) is 8.81. The molecule has 0 aliphatic carbocycles. The van der Waals surface area contributed by atoms with E-state index >= 15 is 0 Å². The number of hydrogen-bond acceptors (Lipinski definition) is 9. The number of aryl methyl sites for hydroxylation is 1. The molecule has 1 amide bonds. The number of ether oxygens (including phenoxy) is 2. The fourth-order valence-corrected chi connectivity index (χ4v) is 8.71. The lowest BCUT2D eigenvalue weighted by Gasteiger charge is -2.41. The zero-order valence-corrected chi connectivity index (χ0v) is 29.6. The molecular formula is C34H50N8O4Si. The Morgan fingerprint density at radius 3 is 2.55 bits per heavy atom. The molecule has 3 atom stereocenters. The Hall–Kier alpha value is -3.42. The van der Waals surface area contributed by atoms with E-state index in [2.05, 4.69) is 60.4 Å². The summed E-state index contributed by atoms with van der Waals surface area (Å²) in [6, 6.07) is 6.23. The second kappa shape index (κ2) is 12.9. The van der Waals surface area contributed by atoms with E-state index in [1.165, 1.54) is 17.7 Å². The molecule has 4 aliphatic heterocycles. The third kappa shape index (κ3) is 6.53. The van der Waals surface area contributed by atoms with Crippen molar-refractivity contribution in [2.75, 3.05) is 56.2 Å². The number of anilines is 2. The van der Waals surface area contributed by atoms with Crippen LogP contribution in [0.1, 0.15) is 42.5 Å². The predicted molar refractivity (Wildman–Crippen MR) is 185 cm³/mol. The van der Waals surface area contributed by atoms with Crippen LogP contribution in [-0.4, -0.2) is 113 Å². The number of likely N-dealkylation sites (tertiary alicyclic amines) is 1. The molecule has 3 aromatic rings. The molecule has 0 spiro atoms. The molecule has 3 saturated heterocycles. The smallest absolute Gasteiger partial charge is 0.407 e. The van der Waals surface area contributed by atoms with Crippen LogP contribution in [0.5, 0.6) is 6.01 Å². The zero-order chi connectivity index (χ0) is 32.9. The van der Waals surface area contributed by atoms with Crippen LogP contribution in [0, 0.1) is 6.92 Å². The van der Waals surface area contributed by atoms with Crippen LogP contribution in [0.3, 0.4) is 0 Å². The van der Waals surface area contributed by atoms with Gasteiger partial charge in [0.2, 0.25) is 0 Å². The van der Waals surface area contributed by atoms with Gasteiger partial charge >= 0.3 is 12.1 Å². The standard InChI is InChI=1S/C34H50N8O4Si/c1-23-8-11-30-28(17-35-41(30)22-45-15-16-47(3,4)5)31(23)39-14-12-27-29(20-39)36-33(46-21-26-7-6-13-38(26)2)37-32(27)40-18-24-9-10-25(19-40)42(24)34(43)44/h8,11,17,24-26H,6-7,9-10,12-16,18-22H2,1-5H3,(H,43,44)/t24-,25+,26-/m0/s1. The zero-order valence-electron chi connectivity index (χ0n) is 28.6. The Bertz CT molecular complexity index is 1610. The third-order valence-electron chi connectivity index (χ3n) is 10.6. The largest absolute Gasteiger partial charge is 0.465 e. The highest BCUT2D eigenvalue weighted by atomic mass is 28.3. The number of benzene rings is 1. The summed E-state index contributed by atoms with van der Waals surface area (Å²) in [5.41, 5.74) is 5.61. The lowest BCUT2D eigenvalue weighted by Crippen LogP contribution is -2.56. The van der Waals surface area contributed by atoms with Crippen LogP contribution in [0.2, 0.25) is 25.7 Å². The summed E-state index contributed by atoms with van der Waals surface area (Å²) < 4.78 is 14.4. The van der Waals surface area contributed by atoms with Crippen molar-refractivity contribution in [3.05, 3.63) is 35.2 Å². The minimum absolute atomic E-state index is 0.00947. The van der Waals surface area contributed by atoms with E-state index in [0.29, 0.717) is 45.0 Å². The highest BCUT2D eigenvalue weighted by Crippen LogP contribution is 2.38. The van der Waals surface area contributed by atoms with E-state index in [1.807, 2.05) is 10.9 Å². The third-order valence-corrected chi connectivity index (χ3v) is 12.3. The maximum absolute atomic E-state index is 12.0. The number of piperazine rings is 1. The first-order chi connectivity index (χ1) is 22.6. The van der Waals surface area contributed by atoms with Gasteiger partial charge in [-0.3, -0.25) is 4.90 Å². The summed E-state index contributed by atoms with van der Waals surface area (Å²) in [6.45, 7) is 14.9. The van der Waals surface area contributed by atoms with Crippen molar-refractivity contribution in [1.82, 2.24) is 29.5 Å². The maximum atomic E-state index is 12.0. The van der Waals surface area contributed by atoms with Gasteiger partial charge in [-0.2, -0.15) is 15.1 Å². The van der Waals surface area contributed by atoms with Crippen LogP contribution in [0.15, 0.2) is 18.3 Å². The molecule has 12 nitrogen and oxygen atoms in total. The topological polar surface area (TPSA) is 112 Å². The molecule has 0 radical (unpaired) electrons. The lowest BCUT2D eigenvalue weighted by atomic mass is 10.0. The molecule has 13 heteroatoms. The summed E-state index contributed by atoms with van der Waals surface area (Å²) in [7, 11) is 0.994. The Morgan fingerprint density at radius 1 is 1.06 bits per heavy atom. The van der Waals surface area contributed by atoms with Crippen molar-refractivity contribution < 1.29 is 19.4 Å². The van der Waals surface area contributed by atoms with Gasteiger partial charge in [0.15, 0.2) is 0 Å². The summed E-state index contributed by atoms with van der Waals surface area (Å²) in [5, 5.41) is 15.7. The highest BCUT2D eigenvalue weighted by molar-refractivity contribution is 6.76. The van der Waals surface area contributed by atoms with Gasteiger partial charge in [0.1, 0.15) is 19.2 Å². The molecule has 0 unspecified atom stereocenters. The number of rotatable bonds is 10. The van der Waals surface area contributed by atoms with Crippen LogP contribution in [0.4, 0.5) is 16.3 Å². The number of likely N-dealkylation sites (N-methyl/N-ethyl adjacent to an activating group) is 1. The maximum Gasteiger partial charge on any atom is 0.407 e. The minimum Gasteiger partial charge on any atom is -0.465 e. The van der Waals surface area contributed by atoms with Crippen LogP contribution in [-0.2, 0) is 24.4 Å². The molecule has 1 aromatic carbocycles. The predicted octanol–water partition coefficient (Wildman–Crippen LogP) is 4.81. The van der Waals surface area contributed by atoms with Gasteiger partial charge < -0.3 is 29.3 Å². The van der Waals surface area contributed by atoms with Crippen molar-refractivity contribution in [2.24, 2.45) is 0 Å². The van der Waals surface area contributed by atoms with Gasteiger partial charge in [-0.05, 0) is 70.3 Å². The number of hydrogen-bond donors (Lipinski definition) is 1. The molecule has 3 fully saturated rings. The fraction of sp³-hybridized carbons (Fsp3) is 0.647. The highest BCUT2D eigenvalue weighted by Gasteiger charge is 2.44. The molecule has 0 saturated carbocycles. The van der Waals surface area contributed by atoms with Crippen molar-refractivity contribution in [1.29, 1.82) is 0 Å². The van der Waals surface area contributed by atoms with E-state index in [-0.39, 0.29) is 12.1 Å². The Morgan fingerprint density at radius 2 is 1.85 bits per heavy atom. The molecule has 6 heterocycles. The van der Waals surface area contributed by atoms with E-state index in [4.69, 9.17) is 24.5 Å². The van der Waals surface area contributed by atoms with E-state index in [9.17, 15) is 9.90 Å². The minimum atomic E-state index is -1.16. The van der Waals surface area contributed by atoms with Crippen molar-refractivity contribution in [3.63, 3.8) is 0 Å². The number of fused-ring (bicyclic) bond motifs is 4. The van der Waals surface area contributed by atoms with Gasteiger partial charge in [-0.25, -0.2) is 9.48 Å². The SMILES string of the molecule is Cc1ccc2c(cnn2COCC[Si](C)(C)C)c1N1CCc2c(nc(OC[C@@H]3CCCN3C)nc2N2C[C@H]3CC[C@@H](C2)N3C(=O)O)C1. The Labute approximate surface area is 278 Å². The average molecular weight is 663 g/mol. The molecule has 4 aliphatic rings. The van der Waals surface area contributed by atoms with Crippen molar-refractivity contribution in [3.8, 4) is 6.01 Å². The molecule has 2 bridgehead atoms. The number of amides is 1. The lowest BCUT2D eigenvalue weighted by molar-refractivity contribution is 0.0817. The Balaban J connectivity index is 1.16. The molecule has 7 rings (SSSR count). The number of nitrogens with zero attached hydrogens (tertiary/aromatic N) is 8. The first kappa shape index (κ1) is 32.1. The van der Waals surface area contributed by atoms with Gasteiger partial charge in [0.25, 0.3) is 0 Å². The van der Waals surface area contributed by atoms with Gasteiger partial charge in [-0.15, -0.1) is 0 Å². The van der Waals surface area contributed by atoms with Gasteiger partial charge in [0, 0.05) is 51.3 Å². The first-order valence-electron chi connectivity index (χ1n) is 17.3. The van der Waals surface area contributed by atoms with Gasteiger partial charge in [0.05, 0.1) is 41.7 Å². The number of carboxylic acid groups (broad SMARTS) is 1. The second-order valence-corrected chi connectivity index (χ2v) is 20.8. The average Bonchev–Trinajstić information content (AvgIpc) is 3.71. The fourth-order valence-electron chi connectivity index (χ4n) is 7.95. The summed E-state index contributed by atoms with van der Waals surface area (Å²) in [5.74, 6) is 0.921. The summed E-state index contributed by atoms with van der Waals surface area (Å²) in [4.78, 5) is 30.9. The number of carbonyl (C=O) groups is 1. The van der Waals surface area contributed by atoms with Crippen molar-refractivity contribution in [2.45, 2.75) is 96.1 Å². The summed E-state index contributed by atoms with van der Waals surface area (Å²) in [6.07, 6.45) is 6.05. The van der Waals surface area contributed by atoms with Crippen LogP contribution in [0.25, 0.3) is 10.9 Å². The van der Waals surface area contributed by atoms with E-state index in [1.54, 1.807) is 4.90 Å². The molecule has 254 valence electrons.